The average molecular weight is 389 g/mol. The van der Waals surface area contributed by atoms with Gasteiger partial charge in [0.1, 0.15) is 5.75 Å². The smallest absolute Gasteiger partial charge is 0.323 e. The van der Waals surface area contributed by atoms with Crippen LogP contribution < -0.4 is 20.7 Å². The Balaban J connectivity index is 1.54. The summed E-state index contributed by atoms with van der Waals surface area (Å²) >= 11 is 0. The first-order chi connectivity index (χ1) is 14.0. The maximum atomic E-state index is 12.2. The summed E-state index contributed by atoms with van der Waals surface area (Å²) in [6.45, 7) is 3.80. The highest BCUT2D eigenvalue weighted by Gasteiger charge is 2.08. The van der Waals surface area contributed by atoms with Crippen molar-refractivity contribution in [1.29, 1.82) is 0 Å². The molecule has 0 aliphatic rings. The van der Waals surface area contributed by atoms with Crippen molar-refractivity contribution in [2.24, 2.45) is 0 Å². The number of amides is 3. The molecule has 0 bridgehead atoms. The van der Waals surface area contributed by atoms with Crippen molar-refractivity contribution in [2.75, 3.05) is 22.6 Å². The number of carbonyl (C=O) groups is 2. The molecule has 0 saturated carbocycles. The zero-order valence-corrected chi connectivity index (χ0v) is 16.4. The number of aryl methyl sites for hydroxylation is 2. The Bertz CT molecular complexity index is 1000. The van der Waals surface area contributed by atoms with Gasteiger partial charge in [0.2, 0.25) is 0 Å². The van der Waals surface area contributed by atoms with Crippen LogP contribution in [-0.4, -0.2) is 18.5 Å². The summed E-state index contributed by atoms with van der Waals surface area (Å²) in [5, 5.41) is 8.26. The van der Waals surface area contributed by atoms with Gasteiger partial charge < -0.3 is 20.7 Å². The van der Waals surface area contributed by atoms with E-state index in [-0.39, 0.29) is 18.5 Å². The molecule has 3 rings (SSSR count). The molecule has 0 aliphatic heterocycles. The van der Waals surface area contributed by atoms with E-state index in [0.717, 1.165) is 11.1 Å². The molecule has 0 aromatic heterocycles. The van der Waals surface area contributed by atoms with Gasteiger partial charge in [-0.1, -0.05) is 36.4 Å². The monoisotopic (exact) mass is 389 g/mol. The molecular formula is C23H23N3O3. The highest BCUT2D eigenvalue weighted by Crippen LogP contribution is 2.19. The number of para-hydroxylation sites is 1. The van der Waals surface area contributed by atoms with Crippen molar-refractivity contribution in [1.82, 2.24) is 0 Å². The summed E-state index contributed by atoms with van der Waals surface area (Å²) in [4.78, 5) is 24.3. The van der Waals surface area contributed by atoms with E-state index in [1.54, 1.807) is 36.4 Å². The van der Waals surface area contributed by atoms with Crippen LogP contribution >= 0.6 is 0 Å². The number of hydrogen-bond acceptors (Lipinski definition) is 3. The number of nitrogens with one attached hydrogen (secondary N) is 3. The fourth-order valence-electron chi connectivity index (χ4n) is 2.69. The SMILES string of the molecule is Cc1ccc(C)c(OCC(=O)Nc2cccc(NC(=O)Nc3ccccc3)c2)c1. The zero-order valence-electron chi connectivity index (χ0n) is 16.4. The molecule has 3 amide bonds. The molecule has 0 heterocycles. The van der Waals surface area contributed by atoms with Gasteiger partial charge >= 0.3 is 6.03 Å². The Hall–Kier alpha value is -3.80. The van der Waals surface area contributed by atoms with E-state index in [1.807, 2.05) is 50.2 Å². The Morgan fingerprint density at radius 1 is 0.759 bits per heavy atom. The molecule has 0 radical (unpaired) electrons. The van der Waals surface area contributed by atoms with Gasteiger partial charge in [-0.3, -0.25) is 4.79 Å². The molecule has 3 aromatic rings. The highest BCUT2D eigenvalue weighted by molar-refractivity contribution is 6.00. The van der Waals surface area contributed by atoms with Crippen molar-refractivity contribution in [3.05, 3.63) is 83.9 Å². The zero-order chi connectivity index (χ0) is 20.6. The number of carbonyl (C=O) groups excluding carboxylic acids is 2. The Morgan fingerprint density at radius 3 is 2.17 bits per heavy atom. The third kappa shape index (κ3) is 6.10. The second kappa shape index (κ2) is 9.41. The lowest BCUT2D eigenvalue weighted by molar-refractivity contribution is -0.118. The number of benzene rings is 3. The van der Waals surface area contributed by atoms with E-state index in [1.165, 1.54) is 0 Å². The second-order valence-electron chi connectivity index (χ2n) is 6.63. The van der Waals surface area contributed by atoms with Crippen molar-refractivity contribution in [3.8, 4) is 5.75 Å². The van der Waals surface area contributed by atoms with E-state index in [2.05, 4.69) is 16.0 Å². The first-order valence-electron chi connectivity index (χ1n) is 9.22. The third-order valence-corrected chi connectivity index (χ3v) is 4.14. The molecule has 3 N–H and O–H groups in total. The minimum absolute atomic E-state index is 0.101. The lowest BCUT2D eigenvalue weighted by Crippen LogP contribution is -2.21. The molecule has 0 unspecified atom stereocenters. The summed E-state index contributed by atoms with van der Waals surface area (Å²) < 4.78 is 5.62. The predicted molar refractivity (Wildman–Crippen MR) is 116 cm³/mol. The van der Waals surface area contributed by atoms with E-state index in [9.17, 15) is 9.59 Å². The van der Waals surface area contributed by atoms with E-state index in [0.29, 0.717) is 22.8 Å². The van der Waals surface area contributed by atoms with Gasteiger partial charge in [-0.2, -0.15) is 0 Å². The largest absolute Gasteiger partial charge is 0.483 e. The Labute approximate surface area is 169 Å². The summed E-state index contributed by atoms with van der Waals surface area (Å²) in [5.74, 6) is 0.407. The van der Waals surface area contributed by atoms with Crippen LogP contribution in [-0.2, 0) is 4.79 Å². The van der Waals surface area contributed by atoms with Gasteiger partial charge in [0.15, 0.2) is 6.61 Å². The molecule has 0 spiro atoms. The van der Waals surface area contributed by atoms with E-state index < -0.39 is 0 Å². The van der Waals surface area contributed by atoms with Gasteiger partial charge in [-0.15, -0.1) is 0 Å². The van der Waals surface area contributed by atoms with Crippen LogP contribution in [0.15, 0.2) is 72.8 Å². The third-order valence-electron chi connectivity index (χ3n) is 4.14. The van der Waals surface area contributed by atoms with Gasteiger partial charge in [-0.25, -0.2) is 4.79 Å². The van der Waals surface area contributed by atoms with Crippen LogP contribution in [0.1, 0.15) is 11.1 Å². The fourth-order valence-corrected chi connectivity index (χ4v) is 2.69. The highest BCUT2D eigenvalue weighted by atomic mass is 16.5. The van der Waals surface area contributed by atoms with Crippen molar-refractivity contribution < 1.29 is 14.3 Å². The van der Waals surface area contributed by atoms with E-state index in [4.69, 9.17) is 4.74 Å². The number of hydrogen-bond donors (Lipinski definition) is 3. The van der Waals surface area contributed by atoms with Gasteiger partial charge in [0.25, 0.3) is 5.91 Å². The lowest BCUT2D eigenvalue weighted by atomic mass is 10.1. The standard InChI is InChI=1S/C23H23N3O3/c1-16-11-12-17(2)21(13-16)29-15-22(27)24-19-9-6-10-20(14-19)26-23(28)25-18-7-4-3-5-8-18/h3-14H,15H2,1-2H3,(H,24,27)(H2,25,26,28). The second-order valence-corrected chi connectivity index (χ2v) is 6.63. The number of anilines is 3. The van der Waals surface area contributed by atoms with Crippen LogP contribution in [0, 0.1) is 13.8 Å². The van der Waals surface area contributed by atoms with Crippen molar-refractivity contribution >= 4 is 29.0 Å². The minimum Gasteiger partial charge on any atom is -0.483 e. The molecule has 6 nitrogen and oxygen atoms in total. The Morgan fingerprint density at radius 2 is 1.41 bits per heavy atom. The molecule has 148 valence electrons. The summed E-state index contributed by atoms with van der Waals surface area (Å²) in [6, 6.07) is 21.6. The normalized spacial score (nSPS) is 10.1. The Kier molecular flexibility index (Phi) is 6.47. The molecule has 6 heteroatoms. The van der Waals surface area contributed by atoms with Gasteiger partial charge in [-0.05, 0) is 61.4 Å². The first-order valence-corrected chi connectivity index (χ1v) is 9.22. The van der Waals surface area contributed by atoms with Crippen LogP contribution in [0.25, 0.3) is 0 Å². The first kappa shape index (κ1) is 19.9. The molecular weight excluding hydrogens is 366 g/mol. The maximum absolute atomic E-state index is 12.2. The van der Waals surface area contributed by atoms with Crippen LogP contribution in [0.5, 0.6) is 5.75 Å². The average Bonchev–Trinajstić information content (AvgIpc) is 2.69. The number of urea groups is 1. The van der Waals surface area contributed by atoms with Crippen LogP contribution in [0.3, 0.4) is 0 Å². The fraction of sp³-hybridized carbons (Fsp3) is 0.130. The molecule has 0 atom stereocenters. The van der Waals surface area contributed by atoms with E-state index >= 15 is 0 Å². The molecule has 0 fully saturated rings. The predicted octanol–water partition coefficient (Wildman–Crippen LogP) is 4.96. The number of ether oxygens (including phenoxy) is 1. The molecule has 29 heavy (non-hydrogen) atoms. The molecule has 3 aromatic carbocycles. The quantitative estimate of drug-likeness (QED) is 0.557. The van der Waals surface area contributed by atoms with Crippen LogP contribution in [0.2, 0.25) is 0 Å². The molecule has 0 saturated heterocycles. The summed E-state index contributed by atoms with van der Waals surface area (Å²) in [5.41, 5.74) is 3.86. The van der Waals surface area contributed by atoms with Gasteiger partial charge in [0, 0.05) is 17.1 Å². The topological polar surface area (TPSA) is 79.5 Å². The van der Waals surface area contributed by atoms with Crippen molar-refractivity contribution in [3.63, 3.8) is 0 Å². The lowest BCUT2D eigenvalue weighted by Gasteiger charge is -2.12. The summed E-state index contributed by atoms with van der Waals surface area (Å²) in [6.07, 6.45) is 0. The van der Waals surface area contributed by atoms with Gasteiger partial charge in [0.05, 0.1) is 0 Å². The molecule has 0 aliphatic carbocycles. The van der Waals surface area contributed by atoms with Crippen molar-refractivity contribution in [2.45, 2.75) is 13.8 Å². The minimum atomic E-state index is -0.363. The van der Waals surface area contributed by atoms with Crippen LogP contribution in [0.4, 0.5) is 21.9 Å². The number of rotatable bonds is 6. The maximum Gasteiger partial charge on any atom is 0.323 e. The summed E-state index contributed by atoms with van der Waals surface area (Å²) in [7, 11) is 0.